The highest BCUT2D eigenvalue weighted by atomic mass is 80.0. The van der Waals surface area contributed by atoms with Crippen LogP contribution in [0.4, 0.5) is 0 Å². The highest BCUT2D eigenvalue weighted by Crippen LogP contribution is 2.70. The van der Waals surface area contributed by atoms with Crippen molar-refractivity contribution in [1.29, 1.82) is 0 Å². The molecule has 146 valence electrons. The molecule has 0 fully saturated rings. The third kappa shape index (κ3) is 4.79. The van der Waals surface area contributed by atoms with Crippen molar-refractivity contribution in [3.05, 3.63) is 53.8 Å². The first-order chi connectivity index (χ1) is 11.9. The van der Waals surface area contributed by atoms with Crippen molar-refractivity contribution < 1.29 is 0 Å². The van der Waals surface area contributed by atoms with Crippen LogP contribution < -0.4 is 0 Å². The Balaban J connectivity index is 0.00000163. The van der Waals surface area contributed by atoms with E-state index in [0.29, 0.717) is 0 Å². The van der Waals surface area contributed by atoms with Gasteiger partial charge in [0.25, 0.3) is 0 Å². The Bertz CT molecular complexity index is 705. The quantitative estimate of drug-likeness (QED) is 0.259. The van der Waals surface area contributed by atoms with Gasteiger partial charge in [-0.15, -0.1) is 0 Å². The van der Waals surface area contributed by atoms with E-state index in [0.717, 1.165) is 23.5 Å². The van der Waals surface area contributed by atoms with Crippen LogP contribution >= 0.6 is 159 Å². The molecule has 0 heterocycles. The van der Waals surface area contributed by atoms with Gasteiger partial charge in [-0.05, 0) is 37.4 Å². The van der Waals surface area contributed by atoms with Gasteiger partial charge in [-0.25, -0.2) is 0 Å². The number of alkyl halides is 6. The van der Waals surface area contributed by atoms with E-state index in [-0.39, 0.29) is 4.83 Å². The van der Waals surface area contributed by atoms with Gasteiger partial charge >= 0.3 is 0 Å². The van der Waals surface area contributed by atoms with Crippen LogP contribution in [-0.4, -0.2) is 11.3 Å². The Morgan fingerprint density at radius 1 is 0.846 bits per heavy atom. The molecule has 0 spiro atoms. The predicted molar refractivity (Wildman–Crippen MR) is 152 cm³/mol. The van der Waals surface area contributed by atoms with E-state index in [1.165, 1.54) is 0 Å². The normalized spacial score (nSPS) is 26.2. The topological polar surface area (TPSA) is 0 Å². The summed E-state index contributed by atoms with van der Waals surface area (Å²) in [5, 5.41) is 0. The van der Waals surface area contributed by atoms with E-state index in [9.17, 15) is 0 Å². The zero-order valence-corrected chi connectivity index (χ0v) is 29.1. The van der Waals surface area contributed by atoms with Crippen LogP contribution in [0.15, 0.2) is 48.3 Å². The summed E-state index contributed by atoms with van der Waals surface area (Å²) in [6.07, 6.45) is 0. The first kappa shape index (κ1) is 27.5. The number of hydrogen-bond donors (Lipinski definition) is 0. The van der Waals surface area contributed by atoms with Gasteiger partial charge in [-0.3, -0.25) is 0 Å². The van der Waals surface area contributed by atoms with Gasteiger partial charge < -0.3 is 0 Å². The Labute approximate surface area is 238 Å². The lowest BCUT2D eigenvalue weighted by molar-refractivity contribution is 0.557. The molecule has 0 amide bonds. The van der Waals surface area contributed by atoms with Crippen LogP contribution in [0, 0.1) is 0 Å². The van der Waals surface area contributed by atoms with Gasteiger partial charge in [0.1, 0.15) is 4.32 Å². The summed E-state index contributed by atoms with van der Waals surface area (Å²) in [5.74, 6) is 0. The van der Waals surface area contributed by atoms with Gasteiger partial charge in [0.2, 0.25) is 0 Å². The van der Waals surface area contributed by atoms with Gasteiger partial charge in [0.15, 0.2) is 2.14 Å². The second-order valence-corrected chi connectivity index (χ2v) is 18.2. The van der Waals surface area contributed by atoms with Crippen LogP contribution in [0.1, 0.15) is 19.4 Å². The third-order valence-electron chi connectivity index (χ3n) is 3.55. The molecule has 1 aliphatic carbocycles. The van der Waals surface area contributed by atoms with Crippen molar-refractivity contribution in [3.63, 3.8) is 0 Å². The minimum absolute atomic E-state index is 0.0957. The largest absolute Gasteiger partial charge is 0.155 e. The van der Waals surface area contributed by atoms with E-state index in [1.54, 1.807) is 0 Å². The molecule has 3 unspecified atom stereocenters. The van der Waals surface area contributed by atoms with Crippen LogP contribution in [0.3, 0.4) is 0 Å². The molecule has 3 atom stereocenters. The molecule has 1 aromatic rings. The smallest absolute Gasteiger partial charge is 0.0812 e. The van der Waals surface area contributed by atoms with Gasteiger partial charge in [0.05, 0.1) is 9.15 Å². The number of halogens is 10. The summed E-state index contributed by atoms with van der Waals surface area (Å²) in [7, 11) is 0. The second kappa shape index (κ2) is 10.9. The van der Waals surface area contributed by atoms with Gasteiger partial charge in [-0.1, -0.05) is 172 Å². The summed E-state index contributed by atoms with van der Waals surface area (Å²) in [4.78, 5) is -0.0957. The second-order valence-electron chi connectivity index (χ2n) is 4.89. The fourth-order valence-electron chi connectivity index (χ4n) is 2.33. The van der Waals surface area contributed by atoms with Crippen molar-refractivity contribution in [3.8, 4) is 0 Å². The average Bonchev–Trinajstić information content (AvgIpc) is 2.63. The van der Waals surface area contributed by atoms with Crippen molar-refractivity contribution in [1.82, 2.24) is 0 Å². The highest BCUT2D eigenvalue weighted by molar-refractivity contribution is 9.40. The number of allylic oxidation sites excluding steroid dienone is 4. The maximum atomic E-state index is 4.03. The van der Waals surface area contributed by atoms with E-state index < -0.39 is 10.8 Å². The van der Waals surface area contributed by atoms with Crippen LogP contribution in [0.5, 0.6) is 0 Å². The zero-order valence-electron chi connectivity index (χ0n) is 13.2. The fraction of sp³-hybridized carbons (Fsp3) is 0.375. The molecule has 0 aliphatic heterocycles. The molecule has 1 aliphatic rings. The number of rotatable bonds is 2. The molecule has 1 aromatic carbocycles. The number of benzene rings is 1. The van der Waals surface area contributed by atoms with Gasteiger partial charge in [0, 0.05) is 17.9 Å². The number of hydrogen-bond acceptors (Lipinski definition) is 0. The van der Waals surface area contributed by atoms with E-state index in [4.69, 9.17) is 0 Å². The standard InChI is InChI=1S/C14H6Br10.C2H6/c15-7-8(16)10(18)12(20,11(19)9(7)17)13(21,14(22,23)24)6-4-2-1-3-5-6;1-2/h1-5,10H;1-2H3. The molecule has 0 N–H and O–H groups in total. The van der Waals surface area contributed by atoms with Crippen LogP contribution in [0.2, 0.25) is 0 Å². The van der Waals surface area contributed by atoms with Crippen molar-refractivity contribution in [2.75, 3.05) is 0 Å². The van der Waals surface area contributed by atoms with E-state index in [1.807, 2.05) is 32.0 Å². The molecule has 0 aromatic heterocycles. The predicted octanol–water partition coefficient (Wildman–Crippen LogP) is 11.1. The molecule has 0 saturated carbocycles. The molecular formula is C16H12Br10. The maximum Gasteiger partial charge on any atom is 0.155 e. The monoisotopic (exact) mass is 993 g/mol. The molecule has 0 saturated heterocycles. The van der Waals surface area contributed by atoms with Crippen molar-refractivity contribution in [2.45, 2.75) is 29.5 Å². The fourth-order valence-corrected chi connectivity index (χ4v) is 11.7. The Kier molecular flexibility index (Phi) is 11.5. The molecule has 0 bridgehead atoms. The molecule has 0 nitrogen and oxygen atoms in total. The van der Waals surface area contributed by atoms with Crippen LogP contribution in [0.25, 0.3) is 0 Å². The SMILES string of the molecule is BrC1=C(Br)C(Br)C(Br)(C(Br)(c2ccccc2)C(Br)(Br)Br)C(Br)=C1Br.CC. The molecule has 26 heavy (non-hydrogen) atoms. The summed E-state index contributed by atoms with van der Waals surface area (Å²) in [6, 6.07) is 10.2. The van der Waals surface area contributed by atoms with E-state index in [2.05, 4.69) is 171 Å². The minimum atomic E-state index is -0.666. The average molecular weight is 1000 g/mol. The third-order valence-corrected chi connectivity index (χ3v) is 18.6. The Morgan fingerprint density at radius 2 is 1.31 bits per heavy atom. The molecule has 0 radical (unpaired) electrons. The lowest BCUT2D eigenvalue weighted by Crippen LogP contribution is -2.57. The van der Waals surface area contributed by atoms with Gasteiger partial charge in [-0.2, -0.15) is 0 Å². The Hall–Kier alpha value is 3.50. The van der Waals surface area contributed by atoms with Crippen molar-refractivity contribution in [2.24, 2.45) is 0 Å². The molecule has 2 rings (SSSR count). The lowest BCUT2D eigenvalue weighted by atomic mass is 9.82. The first-order valence-corrected chi connectivity index (χ1v) is 15.2. The molecular weight excluding hydrogens is 991 g/mol. The first-order valence-electron chi connectivity index (χ1n) is 7.16. The Morgan fingerprint density at radius 3 is 1.73 bits per heavy atom. The van der Waals surface area contributed by atoms with Crippen LogP contribution in [-0.2, 0) is 4.32 Å². The highest BCUT2D eigenvalue weighted by Gasteiger charge is 2.65. The zero-order chi connectivity index (χ0) is 20.5. The van der Waals surface area contributed by atoms with E-state index >= 15 is 0 Å². The summed E-state index contributed by atoms with van der Waals surface area (Å²) in [5.41, 5.74) is 1.06. The maximum absolute atomic E-state index is 4.03. The molecule has 10 heteroatoms. The summed E-state index contributed by atoms with van der Waals surface area (Å²) >= 11 is 37.9. The lowest BCUT2D eigenvalue weighted by Gasteiger charge is -2.52. The minimum Gasteiger partial charge on any atom is -0.0812 e. The van der Waals surface area contributed by atoms with Crippen molar-refractivity contribution >= 4 is 159 Å². The summed E-state index contributed by atoms with van der Waals surface area (Å²) < 4.78 is 1.83. The summed E-state index contributed by atoms with van der Waals surface area (Å²) in [6.45, 7) is 4.00.